The van der Waals surface area contributed by atoms with Crippen LogP contribution in [0, 0.1) is 0 Å². The highest BCUT2D eigenvalue weighted by Crippen LogP contribution is 2.18. The van der Waals surface area contributed by atoms with Gasteiger partial charge in [-0.3, -0.25) is 14.4 Å². The molecule has 27 heavy (non-hydrogen) atoms. The fourth-order valence-corrected chi connectivity index (χ4v) is 2.73. The Morgan fingerprint density at radius 1 is 1.19 bits per heavy atom. The molecule has 2 aromatic rings. The Morgan fingerprint density at radius 3 is 2.52 bits per heavy atom. The Labute approximate surface area is 166 Å². The summed E-state index contributed by atoms with van der Waals surface area (Å²) in [4.78, 5) is 41.0. The number of hydrogen-bond donors (Lipinski definition) is 1. The molecule has 1 amide bonds. The maximum atomic E-state index is 12.1. The maximum absolute atomic E-state index is 12.1. The summed E-state index contributed by atoms with van der Waals surface area (Å²) in [5, 5.41) is 2.68. The van der Waals surface area contributed by atoms with Gasteiger partial charge in [-0.2, -0.15) is 0 Å². The lowest BCUT2D eigenvalue weighted by Gasteiger charge is -2.13. The van der Waals surface area contributed by atoms with E-state index >= 15 is 0 Å². The molecular weight excluding hydrogens is 388 g/mol. The van der Waals surface area contributed by atoms with Crippen molar-refractivity contribution in [3.63, 3.8) is 0 Å². The molecule has 0 fully saturated rings. The lowest BCUT2D eigenvalue weighted by atomic mass is 10.1. The number of halogens is 1. The number of anilines is 1. The van der Waals surface area contributed by atoms with Gasteiger partial charge in [-0.05, 0) is 37.4 Å². The van der Waals surface area contributed by atoms with E-state index in [2.05, 4.69) is 10.3 Å². The van der Waals surface area contributed by atoms with Crippen molar-refractivity contribution in [2.45, 2.75) is 30.8 Å². The molecule has 1 aromatic carbocycles. The second-order valence-corrected chi connectivity index (χ2v) is 6.85. The predicted molar refractivity (Wildman–Crippen MR) is 105 cm³/mol. The smallest absolute Gasteiger partial charge is 0.307 e. The van der Waals surface area contributed by atoms with Crippen molar-refractivity contribution < 1.29 is 19.1 Å². The third-order valence-corrected chi connectivity index (χ3v) is 4.71. The van der Waals surface area contributed by atoms with Crippen molar-refractivity contribution in [3.8, 4) is 0 Å². The van der Waals surface area contributed by atoms with Gasteiger partial charge in [0.1, 0.15) is 0 Å². The van der Waals surface area contributed by atoms with E-state index in [0.29, 0.717) is 11.3 Å². The summed E-state index contributed by atoms with van der Waals surface area (Å²) in [7, 11) is 0. The Kier molecular flexibility index (Phi) is 7.82. The van der Waals surface area contributed by atoms with E-state index < -0.39 is 18.0 Å². The van der Waals surface area contributed by atoms with Crippen LogP contribution in [0.15, 0.2) is 47.5 Å². The second kappa shape index (κ2) is 10.1. The fraction of sp³-hybridized carbons (Fsp3) is 0.263. The number of nitrogens with one attached hydrogen (secondary N) is 1. The molecule has 0 saturated heterocycles. The minimum absolute atomic E-state index is 0.0141. The number of benzene rings is 1. The minimum Gasteiger partial charge on any atom is -0.453 e. The number of esters is 1. The topological polar surface area (TPSA) is 85.4 Å². The zero-order chi connectivity index (χ0) is 19.8. The molecule has 142 valence electrons. The first-order valence-electron chi connectivity index (χ1n) is 8.19. The summed E-state index contributed by atoms with van der Waals surface area (Å²) < 4.78 is 5.08. The number of Topliss-reactive ketones (excluding diaryl/α,β-unsaturated/α-hetero) is 1. The number of ketones is 1. The van der Waals surface area contributed by atoms with Crippen LogP contribution in [0.1, 0.15) is 30.1 Å². The summed E-state index contributed by atoms with van der Waals surface area (Å²) in [5.74, 6) is -1.31. The molecule has 8 heteroatoms. The lowest BCUT2D eigenvalue weighted by Crippen LogP contribution is -2.30. The minimum atomic E-state index is -1.02. The van der Waals surface area contributed by atoms with Gasteiger partial charge in [0.05, 0.1) is 12.1 Å². The van der Waals surface area contributed by atoms with Gasteiger partial charge in [-0.1, -0.05) is 23.7 Å². The third kappa shape index (κ3) is 6.37. The molecule has 0 unspecified atom stereocenters. The number of nitrogens with zero attached hydrogens (tertiary/aromatic N) is 1. The summed E-state index contributed by atoms with van der Waals surface area (Å²) >= 11 is 7.45. The number of hydrogen-bond acceptors (Lipinski definition) is 6. The van der Waals surface area contributed by atoms with Gasteiger partial charge in [-0.25, -0.2) is 4.98 Å². The van der Waals surface area contributed by atoms with Crippen LogP contribution in [0.5, 0.6) is 0 Å². The third-order valence-electron chi connectivity index (χ3n) is 3.66. The molecular formula is C19H19ClN2O4S. The molecule has 0 radical (unpaired) electrons. The second-order valence-electron chi connectivity index (χ2n) is 5.61. The number of ether oxygens (including phenoxy) is 1. The Hall–Kier alpha value is -2.38. The van der Waals surface area contributed by atoms with E-state index in [0.717, 1.165) is 4.90 Å². The monoisotopic (exact) mass is 406 g/mol. The first kappa shape index (κ1) is 20.9. The SMILES string of the molecule is CSc1ccc(C(=O)CCC(=O)O[C@@H](C)C(=O)Nc2cccnc2Cl)cc1. The zero-order valence-electron chi connectivity index (χ0n) is 14.9. The summed E-state index contributed by atoms with van der Waals surface area (Å²) in [6, 6.07) is 10.4. The average Bonchev–Trinajstić information content (AvgIpc) is 2.67. The number of amides is 1. The van der Waals surface area contributed by atoms with E-state index in [1.54, 1.807) is 36.0 Å². The van der Waals surface area contributed by atoms with Gasteiger partial charge in [0, 0.05) is 23.1 Å². The average molecular weight is 407 g/mol. The van der Waals surface area contributed by atoms with Crippen molar-refractivity contribution >= 4 is 46.7 Å². The number of thioether (sulfide) groups is 1. The number of carbonyl (C=O) groups is 3. The van der Waals surface area contributed by atoms with Crippen LogP contribution in [0.4, 0.5) is 5.69 Å². The molecule has 0 aliphatic heterocycles. The van der Waals surface area contributed by atoms with Crippen LogP contribution in [-0.4, -0.2) is 35.0 Å². The number of pyridine rings is 1. The van der Waals surface area contributed by atoms with E-state index in [1.807, 2.05) is 18.4 Å². The van der Waals surface area contributed by atoms with Crippen molar-refractivity contribution in [1.82, 2.24) is 4.98 Å². The van der Waals surface area contributed by atoms with Crippen LogP contribution in [-0.2, 0) is 14.3 Å². The molecule has 0 spiro atoms. The van der Waals surface area contributed by atoms with Gasteiger partial charge < -0.3 is 10.1 Å². The molecule has 1 heterocycles. The largest absolute Gasteiger partial charge is 0.453 e. The van der Waals surface area contributed by atoms with Crippen LogP contribution in [0.3, 0.4) is 0 Å². The van der Waals surface area contributed by atoms with Crippen LogP contribution >= 0.6 is 23.4 Å². The van der Waals surface area contributed by atoms with E-state index in [1.165, 1.54) is 13.1 Å². The molecule has 2 rings (SSSR count). The number of aromatic nitrogens is 1. The van der Waals surface area contributed by atoms with Gasteiger partial charge in [-0.15, -0.1) is 11.8 Å². The van der Waals surface area contributed by atoms with E-state index in [-0.39, 0.29) is 23.8 Å². The van der Waals surface area contributed by atoms with Crippen LogP contribution in [0.25, 0.3) is 0 Å². The van der Waals surface area contributed by atoms with Gasteiger partial charge in [0.25, 0.3) is 5.91 Å². The Bertz CT molecular complexity index is 827. The van der Waals surface area contributed by atoms with Crippen molar-refractivity contribution in [1.29, 1.82) is 0 Å². The highest BCUT2D eigenvalue weighted by atomic mass is 35.5. The van der Waals surface area contributed by atoms with Crippen LogP contribution in [0.2, 0.25) is 5.15 Å². The van der Waals surface area contributed by atoms with Crippen LogP contribution < -0.4 is 5.32 Å². The van der Waals surface area contributed by atoms with Gasteiger partial charge in [0.2, 0.25) is 0 Å². The fourth-order valence-electron chi connectivity index (χ4n) is 2.16. The summed E-state index contributed by atoms with van der Waals surface area (Å²) in [5.41, 5.74) is 0.869. The molecule has 0 aliphatic carbocycles. The van der Waals surface area contributed by atoms with Crippen molar-refractivity contribution in [2.24, 2.45) is 0 Å². The highest BCUT2D eigenvalue weighted by molar-refractivity contribution is 7.98. The maximum Gasteiger partial charge on any atom is 0.307 e. The molecule has 1 aromatic heterocycles. The normalized spacial score (nSPS) is 11.5. The Morgan fingerprint density at radius 2 is 1.89 bits per heavy atom. The zero-order valence-corrected chi connectivity index (χ0v) is 16.5. The highest BCUT2D eigenvalue weighted by Gasteiger charge is 2.19. The molecule has 0 saturated carbocycles. The van der Waals surface area contributed by atoms with Gasteiger partial charge >= 0.3 is 5.97 Å². The first-order chi connectivity index (χ1) is 12.9. The van der Waals surface area contributed by atoms with E-state index in [9.17, 15) is 14.4 Å². The van der Waals surface area contributed by atoms with Crippen molar-refractivity contribution in [3.05, 3.63) is 53.3 Å². The number of carbonyl (C=O) groups excluding carboxylic acids is 3. The molecule has 1 atom stereocenters. The van der Waals surface area contributed by atoms with Crippen molar-refractivity contribution in [2.75, 3.05) is 11.6 Å². The summed E-state index contributed by atoms with van der Waals surface area (Å²) in [6.07, 6.45) is 2.33. The van der Waals surface area contributed by atoms with E-state index in [4.69, 9.17) is 16.3 Å². The Balaban J connectivity index is 1.81. The molecule has 6 nitrogen and oxygen atoms in total. The molecule has 1 N–H and O–H groups in total. The predicted octanol–water partition coefficient (Wildman–Crippen LogP) is 3.99. The lowest BCUT2D eigenvalue weighted by molar-refractivity contribution is -0.153. The molecule has 0 bridgehead atoms. The quantitative estimate of drug-likeness (QED) is 0.309. The standard InChI is InChI=1S/C19H19ClN2O4S/c1-12(19(25)22-15-4-3-11-21-18(15)20)26-17(24)10-9-16(23)13-5-7-14(27-2)8-6-13/h3-8,11-12H,9-10H2,1-2H3,(H,22,25)/t12-/m0/s1. The van der Waals surface area contributed by atoms with Gasteiger partial charge in [0.15, 0.2) is 17.0 Å². The molecule has 0 aliphatic rings. The number of rotatable bonds is 8. The first-order valence-corrected chi connectivity index (χ1v) is 9.79. The summed E-state index contributed by atoms with van der Waals surface area (Å²) in [6.45, 7) is 1.44.